The van der Waals surface area contributed by atoms with E-state index in [1.54, 1.807) is 23.1 Å². The quantitative estimate of drug-likeness (QED) is 0.705. The Balaban J connectivity index is 1.47. The molecule has 1 aliphatic heterocycles. The molecule has 1 aliphatic rings. The van der Waals surface area contributed by atoms with Crippen molar-refractivity contribution >= 4 is 39.4 Å². The number of nitrogens with zero attached hydrogens (tertiary/aromatic N) is 1. The molecule has 1 atom stereocenters. The molecule has 0 radical (unpaired) electrons. The van der Waals surface area contributed by atoms with Gasteiger partial charge in [0, 0.05) is 23.1 Å². The number of anilines is 1. The Morgan fingerprint density at radius 3 is 2.89 bits per heavy atom. The lowest BCUT2D eigenvalue weighted by atomic mass is 10.1. The largest absolute Gasteiger partial charge is 0.467 e. The molecule has 0 spiro atoms. The second-order valence-corrected chi connectivity index (χ2v) is 7.29. The number of amides is 2. The van der Waals surface area contributed by atoms with Crippen LogP contribution in [0.2, 0.25) is 0 Å². The summed E-state index contributed by atoms with van der Waals surface area (Å²) >= 11 is 3.36. The fraction of sp³-hybridized carbons (Fsp3) is 0.316. The van der Waals surface area contributed by atoms with E-state index >= 15 is 0 Å². The predicted octanol–water partition coefficient (Wildman–Crippen LogP) is 2.88. The number of ether oxygens (including phenoxy) is 1. The highest BCUT2D eigenvalue weighted by molar-refractivity contribution is 9.10. The van der Waals surface area contributed by atoms with Gasteiger partial charge in [0.15, 0.2) is 6.61 Å². The van der Waals surface area contributed by atoms with Crippen molar-refractivity contribution in [2.75, 3.05) is 18.5 Å². The molecule has 0 aliphatic carbocycles. The van der Waals surface area contributed by atoms with Gasteiger partial charge in [0.25, 0.3) is 5.91 Å². The summed E-state index contributed by atoms with van der Waals surface area (Å²) in [6.45, 7) is 2.05. The summed E-state index contributed by atoms with van der Waals surface area (Å²) in [5.41, 5.74) is 1.54. The molecule has 142 valence electrons. The van der Waals surface area contributed by atoms with Crippen LogP contribution in [0.4, 0.5) is 5.69 Å². The van der Waals surface area contributed by atoms with Crippen LogP contribution < -0.4 is 5.32 Å². The first-order chi connectivity index (χ1) is 12.9. The number of benzene rings is 1. The Morgan fingerprint density at radius 2 is 2.19 bits per heavy atom. The average Bonchev–Trinajstić information content (AvgIpc) is 3.26. The Labute approximate surface area is 164 Å². The standard InChI is InChI=1S/C19H19BrN2O5/c1-12-7-14(20)4-5-16(12)21-17(23)11-27-19(25)13-8-18(24)22(9-13)10-15-3-2-6-26-15/h2-7,13H,8-11H2,1H3,(H,21,23)/t13-/m0/s1. The summed E-state index contributed by atoms with van der Waals surface area (Å²) in [7, 11) is 0. The zero-order chi connectivity index (χ0) is 19.4. The SMILES string of the molecule is Cc1cc(Br)ccc1NC(=O)COC(=O)[C@H]1CC(=O)N(Cc2ccco2)C1. The van der Waals surface area contributed by atoms with Crippen LogP contribution in [-0.4, -0.2) is 35.8 Å². The van der Waals surface area contributed by atoms with E-state index in [1.807, 2.05) is 19.1 Å². The van der Waals surface area contributed by atoms with E-state index in [2.05, 4.69) is 21.2 Å². The highest BCUT2D eigenvalue weighted by Crippen LogP contribution is 2.22. The van der Waals surface area contributed by atoms with Gasteiger partial charge in [0.2, 0.25) is 5.91 Å². The maximum Gasteiger partial charge on any atom is 0.311 e. The summed E-state index contributed by atoms with van der Waals surface area (Å²) in [5, 5.41) is 2.70. The average molecular weight is 435 g/mol. The summed E-state index contributed by atoms with van der Waals surface area (Å²) in [6, 6.07) is 8.97. The van der Waals surface area contributed by atoms with E-state index < -0.39 is 24.4 Å². The lowest BCUT2D eigenvalue weighted by molar-refractivity contribution is -0.151. The van der Waals surface area contributed by atoms with Gasteiger partial charge in [-0.05, 0) is 42.8 Å². The highest BCUT2D eigenvalue weighted by atomic mass is 79.9. The number of rotatable bonds is 6. The molecule has 7 nitrogen and oxygen atoms in total. The van der Waals surface area contributed by atoms with Crippen molar-refractivity contribution in [3.8, 4) is 0 Å². The second kappa shape index (κ2) is 8.39. The van der Waals surface area contributed by atoms with Gasteiger partial charge in [-0.2, -0.15) is 0 Å². The number of carbonyl (C=O) groups is 3. The van der Waals surface area contributed by atoms with Crippen LogP contribution in [0.25, 0.3) is 0 Å². The van der Waals surface area contributed by atoms with Gasteiger partial charge >= 0.3 is 5.97 Å². The van der Waals surface area contributed by atoms with Crippen molar-refractivity contribution in [1.82, 2.24) is 4.90 Å². The fourth-order valence-corrected chi connectivity index (χ4v) is 3.36. The third kappa shape index (κ3) is 4.97. The Hall–Kier alpha value is -2.61. The first-order valence-corrected chi connectivity index (χ1v) is 9.24. The van der Waals surface area contributed by atoms with Gasteiger partial charge in [-0.15, -0.1) is 0 Å². The molecule has 1 aromatic carbocycles. The molecule has 2 aromatic rings. The third-order valence-electron chi connectivity index (χ3n) is 4.28. The third-order valence-corrected chi connectivity index (χ3v) is 4.78. The highest BCUT2D eigenvalue weighted by Gasteiger charge is 2.35. The normalized spacial score (nSPS) is 16.4. The van der Waals surface area contributed by atoms with Crippen LogP contribution in [0.15, 0.2) is 45.5 Å². The molecule has 8 heteroatoms. The Bertz CT molecular complexity index is 850. The number of halogens is 1. The molecule has 0 bridgehead atoms. The molecule has 27 heavy (non-hydrogen) atoms. The van der Waals surface area contributed by atoms with E-state index in [0.29, 0.717) is 18.0 Å². The van der Waals surface area contributed by atoms with Crippen LogP contribution in [0.3, 0.4) is 0 Å². The van der Waals surface area contributed by atoms with Gasteiger partial charge in [0.1, 0.15) is 5.76 Å². The summed E-state index contributed by atoms with van der Waals surface area (Å²) in [4.78, 5) is 37.8. The van der Waals surface area contributed by atoms with Crippen LogP contribution in [0, 0.1) is 12.8 Å². The number of carbonyl (C=O) groups excluding carboxylic acids is 3. The van der Waals surface area contributed by atoms with Gasteiger partial charge < -0.3 is 19.4 Å². The van der Waals surface area contributed by atoms with Crippen LogP contribution >= 0.6 is 15.9 Å². The van der Waals surface area contributed by atoms with Crippen molar-refractivity contribution in [2.24, 2.45) is 5.92 Å². The van der Waals surface area contributed by atoms with Crippen molar-refractivity contribution < 1.29 is 23.5 Å². The maximum absolute atomic E-state index is 12.2. The summed E-state index contributed by atoms with van der Waals surface area (Å²) in [6.07, 6.45) is 1.61. The molecule has 1 N–H and O–H groups in total. The topological polar surface area (TPSA) is 88.8 Å². The summed E-state index contributed by atoms with van der Waals surface area (Å²) < 4.78 is 11.2. The van der Waals surface area contributed by atoms with Crippen LogP contribution in [0.5, 0.6) is 0 Å². The monoisotopic (exact) mass is 434 g/mol. The Morgan fingerprint density at radius 1 is 1.37 bits per heavy atom. The minimum atomic E-state index is -0.574. The zero-order valence-corrected chi connectivity index (χ0v) is 16.3. The van der Waals surface area contributed by atoms with Gasteiger partial charge in [-0.3, -0.25) is 14.4 Å². The second-order valence-electron chi connectivity index (χ2n) is 6.37. The lowest BCUT2D eigenvalue weighted by Gasteiger charge is -2.14. The Kier molecular flexibility index (Phi) is 5.95. The predicted molar refractivity (Wildman–Crippen MR) is 101 cm³/mol. The minimum Gasteiger partial charge on any atom is -0.467 e. The molecular formula is C19H19BrN2O5. The zero-order valence-electron chi connectivity index (χ0n) is 14.7. The first kappa shape index (κ1) is 19.2. The molecule has 1 saturated heterocycles. The van der Waals surface area contributed by atoms with Crippen LogP contribution in [0.1, 0.15) is 17.7 Å². The molecule has 0 unspecified atom stereocenters. The van der Waals surface area contributed by atoms with Gasteiger partial charge in [0.05, 0.1) is 18.7 Å². The number of likely N-dealkylation sites (tertiary alicyclic amines) is 1. The minimum absolute atomic E-state index is 0.0764. The maximum atomic E-state index is 12.2. The van der Waals surface area contributed by atoms with E-state index in [-0.39, 0.29) is 18.9 Å². The molecule has 2 amide bonds. The first-order valence-electron chi connectivity index (χ1n) is 8.45. The molecule has 3 rings (SSSR count). The lowest BCUT2D eigenvalue weighted by Crippen LogP contribution is -2.28. The number of furan rings is 1. The molecule has 1 fully saturated rings. The number of hydrogen-bond donors (Lipinski definition) is 1. The fourth-order valence-electron chi connectivity index (χ4n) is 2.88. The molecule has 1 aromatic heterocycles. The van der Waals surface area contributed by atoms with Crippen molar-refractivity contribution in [1.29, 1.82) is 0 Å². The molecule has 2 heterocycles. The van der Waals surface area contributed by atoms with E-state index in [1.165, 1.54) is 6.26 Å². The van der Waals surface area contributed by atoms with Crippen LogP contribution in [-0.2, 0) is 25.7 Å². The van der Waals surface area contributed by atoms with Crippen molar-refractivity contribution in [2.45, 2.75) is 19.9 Å². The van der Waals surface area contributed by atoms with Gasteiger partial charge in [-0.25, -0.2) is 0 Å². The van der Waals surface area contributed by atoms with Crippen molar-refractivity contribution in [3.63, 3.8) is 0 Å². The number of esters is 1. The number of nitrogens with one attached hydrogen (secondary N) is 1. The smallest absolute Gasteiger partial charge is 0.311 e. The van der Waals surface area contributed by atoms with E-state index in [0.717, 1.165) is 10.0 Å². The van der Waals surface area contributed by atoms with Gasteiger partial charge in [-0.1, -0.05) is 15.9 Å². The van der Waals surface area contributed by atoms with E-state index in [4.69, 9.17) is 9.15 Å². The molecule has 0 saturated carbocycles. The van der Waals surface area contributed by atoms with E-state index in [9.17, 15) is 14.4 Å². The number of aryl methyl sites for hydroxylation is 1. The number of hydrogen-bond acceptors (Lipinski definition) is 5. The van der Waals surface area contributed by atoms with Crippen molar-refractivity contribution in [3.05, 3.63) is 52.4 Å². The molecular weight excluding hydrogens is 416 g/mol. The summed E-state index contributed by atoms with van der Waals surface area (Å²) in [5.74, 6) is -1.03.